The van der Waals surface area contributed by atoms with Gasteiger partial charge in [-0.05, 0) is 55.7 Å². The second kappa shape index (κ2) is 5.03. The lowest BCUT2D eigenvalue weighted by Crippen LogP contribution is -2.25. The standard InChI is InChI=1S/C15H20Cl2O/c1-14(2)6-3-7-15(18,9-8-14)12-10-11(16)4-5-13(12)17/h4-5,10,18H,3,6-9H2,1-2H3. The normalized spacial score (nSPS) is 27.8. The smallest absolute Gasteiger partial charge is 0.0911 e. The number of benzene rings is 1. The van der Waals surface area contributed by atoms with E-state index in [-0.39, 0.29) is 0 Å². The van der Waals surface area contributed by atoms with Gasteiger partial charge in [0.2, 0.25) is 0 Å². The van der Waals surface area contributed by atoms with Crippen LogP contribution in [0.5, 0.6) is 0 Å². The second-order valence-electron chi connectivity index (χ2n) is 6.17. The summed E-state index contributed by atoms with van der Waals surface area (Å²) in [5.41, 5.74) is 0.264. The number of hydrogen-bond acceptors (Lipinski definition) is 1. The molecular formula is C15H20Cl2O. The zero-order valence-corrected chi connectivity index (χ0v) is 12.5. The summed E-state index contributed by atoms with van der Waals surface area (Å²) in [6, 6.07) is 5.34. The Kier molecular flexibility index (Phi) is 3.96. The van der Waals surface area contributed by atoms with Crippen molar-refractivity contribution in [2.45, 2.75) is 51.6 Å². The average Bonchev–Trinajstić information content (AvgIpc) is 2.42. The first-order valence-corrected chi connectivity index (χ1v) is 7.26. The van der Waals surface area contributed by atoms with Crippen molar-refractivity contribution < 1.29 is 5.11 Å². The highest BCUT2D eigenvalue weighted by Gasteiger charge is 2.36. The molecule has 1 aromatic carbocycles. The summed E-state index contributed by atoms with van der Waals surface area (Å²) >= 11 is 12.3. The van der Waals surface area contributed by atoms with Gasteiger partial charge < -0.3 is 5.11 Å². The lowest BCUT2D eigenvalue weighted by Gasteiger charge is -2.29. The van der Waals surface area contributed by atoms with Crippen LogP contribution in [0.2, 0.25) is 10.0 Å². The molecule has 1 unspecified atom stereocenters. The minimum atomic E-state index is -0.824. The summed E-state index contributed by atoms with van der Waals surface area (Å²) in [7, 11) is 0. The highest BCUT2D eigenvalue weighted by Crippen LogP contribution is 2.44. The Bertz CT molecular complexity index is 442. The van der Waals surface area contributed by atoms with E-state index in [1.807, 2.05) is 6.07 Å². The summed E-state index contributed by atoms with van der Waals surface area (Å²) in [4.78, 5) is 0. The first-order chi connectivity index (χ1) is 8.32. The van der Waals surface area contributed by atoms with E-state index >= 15 is 0 Å². The Labute approximate surface area is 119 Å². The average molecular weight is 287 g/mol. The van der Waals surface area contributed by atoms with E-state index in [1.54, 1.807) is 12.1 Å². The fourth-order valence-corrected chi connectivity index (χ4v) is 3.24. The molecule has 1 aromatic rings. The van der Waals surface area contributed by atoms with Gasteiger partial charge in [0.1, 0.15) is 0 Å². The SMILES string of the molecule is CC1(C)CCCC(O)(c2cc(Cl)ccc2Cl)CC1. The Balaban J connectivity index is 2.33. The van der Waals surface area contributed by atoms with Gasteiger partial charge in [-0.3, -0.25) is 0 Å². The van der Waals surface area contributed by atoms with E-state index in [0.29, 0.717) is 15.5 Å². The van der Waals surface area contributed by atoms with Crippen LogP contribution < -0.4 is 0 Å². The Morgan fingerprint density at radius 1 is 1.06 bits per heavy atom. The molecule has 100 valence electrons. The van der Waals surface area contributed by atoms with Crippen molar-refractivity contribution in [3.05, 3.63) is 33.8 Å². The summed E-state index contributed by atoms with van der Waals surface area (Å²) in [6.07, 6.45) is 4.68. The van der Waals surface area contributed by atoms with Gasteiger partial charge >= 0.3 is 0 Å². The van der Waals surface area contributed by atoms with Crippen LogP contribution in [-0.2, 0) is 5.60 Å². The van der Waals surface area contributed by atoms with E-state index in [0.717, 1.165) is 37.7 Å². The molecule has 0 radical (unpaired) electrons. The number of hydrogen-bond donors (Lipinski definition) is 1. The Hall–Kier alpha value is -0.240. The minimum Gasteiger partial charge on any atom is -0.385 e. The molecule has 18 heavy (non-hydrogen) atoms. The van der Waals surface area contributed by atoms with Crippen LogP contribution in [-0.4, -0.2) is 5.11 Å². The highest BCUT2D eigenvalue weighted by atomic mass is 35.5. The molecule has 1 fully saturated rings. The molecule has 1 N–H and O–H groups in total. The van der Waals surface area contributed by atoms with E-state index in [9.17, 15) is 5.11 Å². The van der Waals surface area contributed by atoms with Crippen molar-refractivity contribution >= 4 is 23.2 Å². The lowest BCUT2D eigenvalue weighted by molar-refractivity contribution is 0.0181. The molecule has 2 rings (SSSR count). The van der Waals surface area contributed by atoms with Gasteiger partial charge in [-0.1, -0.05) is 37.0 Å². The maximum Gasteiger partial charge on any atom is 0.0911 e. The van der Waals surface area contributed by atoms with Gasteiger partial charge in [0, 0.05) is 15.6 Å². The third-order valence-corrected chi connectivity index (χ3v) is 4.65. The van der Waals surface area contributed by atoms with Crippen molar-refractivity contribution in [2.75, 3.05) is 0 Å². The quantitative estimate of drug-likeness (QED) is 0.706. The first-order valence-electron chi connectivity index (χ1n) is 6.50. The van der Waals surface area contributed by atoms with Crippen LogP contribution in [0.15, 0.2) is 18.2 Å². The molecule has 1 aliphatic rings. The molecule has 1 aliphatic carbocycles. The molecule has 0 spiro atoms. The van der Waals surface area contributed by atoms with E-state index < -0.39 is 5.60 Å². The van der Waals surface area contributed by atoms with E-state index in [4.69, 9.17) is 23.2 Å². The summed E-state index contributed by atoms with van der Waals surface area (Å²) in [5, 5.41) is 12.2. The Morgan fingerprint density at radius 2 is 1.78 bits per heavy atom. The first kappa shape index (κ1) is 14.2. The Morgan fingerprint density at radius 3 is 2.50 bits per heavy atom. The van der Waals surface area contributed by atoms with Gasteiger partial charge in [-0.2, -0.15) is 0 Å². The third kappa shape index (κ3) is 3.01. The zero-order valence-electron chi connectivity index (χ0n) is 11.0. The molecule has 1 nitrogen and oxygen atoms in total. The molecule has 0 aromatic heterocycles. The fourth-order valence-electron chi connectivity index (χ4n) is 2.78. The molecular weight excluding hydrogens is 267 g/mol. The number of halogens is 2. The number of aliphatic hydroxyl groups is 1. The highest BCUT2D eigenvalue weighted by molar-refractivity contribution is 6.33. The molecule has 3 heteroatoms. The molecule has 1 saturated carbocycles. The maximum atomic E-state index is 10.9. The van der Waals surface area contributed by atoms with Gasteiger partial charge in [0.05, 0.1) is 5.60 Å². The van der Waals surface area contributed by atoms with Crippen molar-refractivity contribution in [2.24, 2.45) is 5.41 Å². The van der Waals surface area contributed by atoms with Crippen LogP contribution in [0, 0.1) is 5.41 Å². The predicted molar refractivity (Wildman–Crippen MR) is 77.2 cm³/mol. The van der Waals surface area contributed by atoms with Gasteiger partial charge in [-0.15, -0.1) is 0 Å². The van der Waals surface area contributed by atoms with Gasteiger partial charge in [0.15, 0.2) is 0 Å². The summed E-state index contributed by atoms with van der Waals surface area (Å²) < 4.78 is 0. The van der Waals surface area contributed by atoms with Crippen LogP contribution in [0.25, 0.3) is 0 Å². The minimum absolute atomic E-state index is 0.301. The second-order valence-corrected chi connectivity index (χ2v) is 7.02. The zero-order chi connectivity index (χ0) is 13.4. The summed E-state index contributed by atoms with van der Waals surface area (Å²) in [6.45, 7) is 4.52. The van der Waals surface area contributed by atoms with Crippen LogP contribution in [0.4, 0.5) is 0 Å². The van der Waals surface area contributed by atoms with Crippen LogP contribution >= 0.6 is 23.2 Å². The largest absolute Gasteiger partial charge is 0.385 e. The number of rotatable bonds is 1. The molecule has 1 atom stereocenters. The maximum absolute atomic E-state index is 10.9. The molecule has 0 aliphatic heterocycles. The van der Waals surface area contributed by atoms with E-state index in [1.165, 1.54) is 0 Å². The lowest BCUT2D eigenvalue weighted by atomic mass is 9.82. The van der Waals surface area contributed by atoms with Gasteiger partial charge in [-0.25, -0.2) is 0 Å². The van der Waals surface area contributed by atoms with E-state index in [2.05, 4.69) is 13.8 Å². The van der Waals surface area contributed by atoms with Crippen molar-refractivity contribution in [3.8, 4) is 0 Å². The monoisotopic (exact) mass is 286 g/mol. The summed E-state index contributed by atoms with van der Waals surface area (Å²) in [5.74, 6) is 0. The van der Waals surface area contributed by atoms with Gasteiger partial charge in [0.25, 0.3) is 0 Å². The molecule has 0 amide bonds. The molecule has 0 saturated heterocycles. The topological polar surface area (TPSA) is 20.2 Å². The molecule has 0 bridgehead atoms. The van der Waals surface area contributed by atoms with Crippen LogP contribution in [0.3, 0.4) is 0 Å². The van der Waals surface area contributed by atoms with Crippen molar-refractivity contribution in [3.63, 3.8) is 0 Å². The third-order valence-electron chi connectivity index (χ3n) is 4.09. The fraction of sp³-hybridized carbons (Fsp3) is 0.600. The molecule has 0 heterocycles. The van der Waals surface area contributed by atoms with Crippen molar-refractivity contribution in [1.29, 1.82) is 0 Å². The van der Waals surface area contributed by atoms with Crippen molar-refractivity contribution in [1.82, 2.24) is 0 Å². The predicted octanol–water partition coefficient (Wildman–Crippen LogP) is 5.17. The van der Waals surface area contributed by atoms with Crippen LogP contribution in [0.1, 0.15) is 51.5 Å².